The highest BCUT2D eigenvalue weighted by Gasteiger charge is 2.13. The predicted octanol–water partition coefficient (Wildman–Crippen LogP) is 2.87. The number of thiocarbonyl (C=S) groups is 1. The number of aryl methyl sites for hydroxylation is 2. The lowest BCUT2D eigenvalue weighted by Gasteiger charge is -2.21. The lowest BCUT2D eigenvalue weighted by molar-refractivity contribution is 0.415. The first-order valence-electron chi connectivity index (χ1n) is 7.07. The average Bonchev–Trinajstić information content (AvgIpc) is 2.73. The van der Waals surface area contributed by atoms with Crippen LogP contribution in [0.5, 0.6) is 5.75 Å². The molecule has 0 saturated carbocycles. The Morgan fingerprint density at radius 1 is 1.41 bits per heavy atom. The van der Waals surface area contributed by atoms with Crippen LogP contribution < -0.4 is 10.1 Å². The number of nitrogens with zero attached hydrogens (tertiary/aromatic N) is 3. The smallest absolute Gasteiger partial charge is 0.173 e. The second kappa shape index (κ2) is 6.79. The van der Waals surface area contributed by atoms with Crippen molar-refractivity contribution < 1.29 is 4.74 Å². The second-order valence-electron chi connectivity index (χ2n) is 5.29. The van der Waals surface area contributed by atoms with E-state index in [1.54, 1.807) is 7.11 Å². The number of benzene rings is 1. The van der Waals surface area contributed by atoms with Crippen molar-refractivity contribution in [2.24, 2.45) is 7.05 Å². The first kappa shape index (κ1) is 16.3. The van der Waals surface area contributed by atoms with E-state index in [-0.39, 0.29) is 0 Å². The zero-order valence-corrected chi connectivity index (χ0v) is 14.5. The van der Waals surface area contributed by atoms with Crippen LogP contribution in [0.1, 0.15) is 17.0 Å². The van der Waals surface area contributed by atoms with Gasteiger partial charge in [-0.2, -0.15) is 5.10 Å². The van der Waals surface area contributed by atoms with Gasteiger partial charge in [-0.05, 0) is 38.2 Å². The fraction of sp³-hybridized carbons (Fsp3) is 0.375. The van der Waals surface area contributed by atoms with Gasteiger partial charge in [0.05, 0.1) is 12.8 Å². The number of hydrogen-bond donors (Lipinski definition) is 1. The van der Waals surface area contributed by atoms with Gasteiger partial charge in [-0.15, -0.1) is 0 Å². The fourth-order valence-electron chi connectivity index (χ4n) is 2.28. The molecule has 0 atom stereocenters. The Morgan fingerprint density at radius 3 is 2.73 bits per heavy atom. The summed E-state index contributed by atoms with van der Waals surface area (Å²) in [5.74, 6) is 0.800. The highest BCUT2D eigenvalue weighted by atomic mass is 32.1. The van der Waals surface area contributed by atoms with E-state index in [4.69, 9.17) is 17.0 Å². The van der Waals surface area contributed by atoms with Crippen molar-refractivity contribution in [3.05, 3.63) is 41.2 Å². The van der Waals surface area contributed by atoms with Crippen LogP contribution in [0.25, 0.3) is 0 Å². The summed E-state index contributed by atoms with van der Waals surface area (Å²) in [5.41, 5.74) is 4.32. The zero-order valence-electron chi connectivity index (χ0n) is 13.7. The normalized spacial score (nSPS) is 10.4. The molecular weight excluding hydrogens is 296 g/mol. The Hall–Kier alpha value is -2.08. The molecule has 0 radical (unpaired) electrons. The Kier molecular flexibility index (Phi) is 5.03. The fourth-order valence-corrected chi connectivity index (χ4v) is 2.46. The van der Waals surface area contributed by atoms with Crippen LogP contribution in [0.4, 0.5) is 5.69 Å². The number of methoxy groups -OCH3 is 1. The van der Waals surface area contributed by atoms with E-state index in [1.165, 1.54) is 5.56 Å². The van der Waals surface area contributed by atoms with Crippen LogP contribution >= 0.6 is 12.2 Å². The molecule has 0 unspecified atom stereocenters. The van der Waals surface area contributed by atoms with Crippen LogP contribution in [0.3, 0.4) is 0 Å². The molecule has 0 fully saturated rings. The predicted molar refractivity (Wildman–Crippen MR) is 93.4 cm³/mol. The molecule has 1 N–H and O–H groups in total. The quantitative estimate of drug-likeness (QED) is 0.878. The summed E-state index contributed by atoms with van der Waals surface area (Å²) < 4.78 is 7.12. The maximum Gasteiger partial charge on any atom is 0.173 e. The Morgan fingerprint density at radius 2 is 2.14 bits per heavy atom. The third-order valence-electron chi connectivity index (χ3n) is 3.72. The van der Waals surface area contributed by atoms with Crippen LogP contribution in [0.15, 0.2) is 24.3 Å². The van der Waals surface area contributed by atoms with Gasteiger partial charge < -0.3 is 15.0 Å². The molecule has 2 rings (SSSR count). The average molecular weight is 318 g/mol. The Labute approximate surface area is 136 Å². The summed E-state index contributed by atoms with van der Waals surface area (Å²) in [6, 6.07) is 7.71. The van der Waals surface area contributed by atoms with Gasteiger partial charge in [0, 0.05) is 43.7 Å². The van der Waals surface area contributed by atoms with Crippen LogP contribution in [0.2, 0.25) is 0 Å². The number of ether oxygens (including phenoxy) is 1. The number of nitrogens with one attached hydrogen (secondary N) is 1. The minimum absolute atomic E-state index is 0.663. The minimum atomic E-state index is 0.663. The van der Waals surface area contributed by atoms with Gasteiger partial charge in [-0.1, -0.05) is 6.07 Å². The Balaban J connectivity index is 2.05. The number of hydrogen-bond acceptors (Lipinski definition) is 3. The molecule has 1 aromatic carbocycles. The first-order chi connectivity index (χ1) is 10.4. The highest BCUT2D eigenvalue weighted by molar-refractivity contribution is 7.80. The van der Waals surface area contributed by atoms with E-state index in [0.717, 1.165) is 29.4 Å². The van der Waals surface area contributed by atoms with Gasteiger partial charge in [0.2, 0.25) is 0 Å². The van der Waals surface area contributed by atoms with Gasteiger partial charge in [0.15, 0.2) is 5.11 Å². The lowest BCUT2D eigenvalue weighted by atomic mass is 10.2. The molecule has 118 valence electrons. The van der Waals surface area contributed by atoms with E-state index in [9.17, 15) is 0 Å². The molecule has 0 saturated heterocycles. The SMILES string of the molecule is COc1cccc(NC(=S)N(C)Cc2c(C)nn(C)c2C)c1. The molecule has 0 spiro atoms. The highest BCUT2D eigenvalue weighted by Crippen LogP contribution is 2.18. The molecule has 6 heteroatoms. The standard InChI is InChI=1S/C16H22N4OS/c1-11-15(12(2)20(4)18-11)10-19(3)16(22)17-13-7-6-8-14(9-13)21-5/h6-9H,10H2,1-5H3,(H,17,22). The van der Waals surface area contributed by atoms with E-state index in [1.807, 2.05) is 54.9 Å². The maximum absolute atomic E-state index is 5.48. The summed E-state index contributed by atoms with van der Waals surface area (Å²) in [6.45, 7) is 4.82. The largest absolute Gasteiger partial charge is 0.497 e. The Bertz CT molecular complexity index is 681. The van der Waals surface area contributed by atoms with Crippen molar-refractivity contribution in [2.45, 2.75) is 20.4 Å². The molecule has 2 aromatic rings. The van der Waals surface area contributed by atoms with Gasteiger partial charge in [-0.25, -0.2) is 0 Å². The van der Waals surface area contributed by atoms with Crippen LogP contribution in [-0.4, -0.2) is 34.0 Å². The third-order valence-corrected chi connectivity index (χ3v) is 4.14. The monoisotopic (exact) mass is 318 g/mol. The lowest BCUT2D eigenvalue weighted by Crippen LogP contribution is -2.30. The molecule has 1 aromatic heterocycles. The van der Waals surface area contributed by atoms with Crippen molar-refractivity contribution in [1.82, 2.24) is 14.7 Å². The van der Waals surface area contributed by atoms with Gasteiger partial charge in [-0.3, -0.25) is 4.68 Å². The van der Waals surface area contributed by atoms with Crippen LogP contribution in [0, 0.1) is 13.8 Å². The molecule has 0 aliphatic heterocycles. The summed E-state index contributed by atoms with van der Waals surface area (Å²) in [4.78, 5) is 2.01. The minimum Gasteiger partial charge on any atom is -0.497 e. The van der Waals surface area contributed by atoms with Crippen molar-refractivity contribution in [3.63, 3.8) is 0 Å². The summed E-state index contributed by atoms with van der Waals surface area (Å²) >= 11 is 5.48. The molecule has 0 amide bonds. The third kappa shape index (κ3) is 3.57. The topological polar surface area (TPSA) is 42.3 Å². The van der Waals surface area contributed by atoms with Crippen molar-refractivity contribution in [1.29, 1.82) is 0 Å². The van der Waals surface area contributed by atoms with Crippen molar-refractivity contribution in [2.75, 3.05) is 19.5 Å². The number of rotatable bonds is 4. The first-order valence-corrected chi connectivity index (χ1v) is 7.48. The molecule has 0 bridgehead atoms. The van der Waals surface area contributed by atoms with Gasteiger partial charge in [0.25, 0.3) is 0 Å². The van der Waals surface area contributed by atoms with E-state index in [0.29, 0.717) is 5.11 Å². The van der Waals surface area contributed by atoms with Crippen LogP contribution in [-0.2, 0) is 13.6 Å². The van der Waals surface area contributed by atoms with Crippen molar-refractivity contribution in [3.8, 4) is 5.75 Å². The van der Waals surface area contributed by atoms with E-state index >= 15 is 0 Å². The molecule has 1 heterocycles. The summed E-state index contributed by atoms with van der Waals surface area (Å²) in [7, 11) is 5.58. The molecule has 0 aliphatic rings. The molecule has 5 nitrogen and oxygen atoms in total. The summed E-state index contributed by atoms with van der Waals surface area (Å²) in [5, 5.41) is 8.33. The maximum atomic E-state index is 5.48. The molecule has 0 aliphatic carbocycles. The zero-order chi connectivity index (χ0) is 16.3. The number of anilines is 1. The van der Waals surface area contributed by atoms with E-state index in [2.05, 4.69) is 17.3 Å². The molecular formula is C16H22N4OS. The molecule has 22 heavy (non-hydrogen) atoms. The van der Waals surface area contributed by atoms with Crippen molar-refractivity contribution >= 4 is 23.0 Å². The van der Waals surface area contributed by atoms with E-state index < -0.39 is 0 Å². The van der Waals surface area contributed by atoms with Gasteiger partial charge in [0.1, 0.15) is 5.75 Å². The van der Waals surface area contributed by atoms with Gasteiger partial charge >= 0.3 is 0 Å². The summed E-state index contributed by atoms with van der Waals surface area (Å²) in [6.07, 6.45) is 0. The second-order valence-corrected chi connectivity index (χ2v) is 5.68. The number of aromatic nitrogens is 2.